The van der Waals surface area contributed by atoms with Crippen LogP contribution in [-0.4, -0.2) is 43.1 Å². The van der Waals surface area contributed by atoms with Gasteiger partial charge in [-0.1, -0.05) is 0 Å². The first-order valence-corrected chi connectivity index (χ1v) is 7.53. The molecule has 17 heavy (non-hydrogen) atoms. The topological polar surface area (TPSA) is 28.2 Å². The van der Waals surface area contributed by atoms with Crippen LogP contribution in [0.1, 0.15) is 29.5 Å². The van der Waals surface area contributed by atoms with E-state index in [1.165, 1.54) is 56.1 Å². The minimum absolute atomic E-state index is 0.679. The van der Waals surface area contributed by atoms with Crippen molar-refractivity contribution in [3.05, 3.63) is 16.1 Å². The van der Waals surface area contributed by atoms with Gasteiger partial charge in [-0.25, -0.2) is 4.98 Å². The second kappa shape index (κ2) is 5.04. The molecule has 2 fully saturated rings. The van der Waals surface area contributed by atoms with Gasteiger partial charge in [-0.3, -0.25) is 0 Å². The summed E-state index contributed by atoms with van der Waals surface area (Å²) >= 11 is 1.86. The Balaban J connectivity index is 1.62. The number of nitrogens with one attached hydrogen (secondary N) is 1. The Morgan fingerprint density at radius 2 is 2.41 bits per heavy atom. The largest absolute Gasteiger partial charge is 0.316 e. The van der Waals surface area contributed by atoms with Crippen molar-refractivity contribution in [2.75, 3.05) is 33.2 Å². The molecule has 0 aliphatic carbocycles. The minimum Gasteiger partial charge on any atom is -0.316 e. The lowest BCUT2D eigenvalue weighted by Gasteiger charge is -2.28. The molecule has 0 saturated carbocycles. The molecule has 2 saturated heterocycles. The number of piperidine rings is 1. The summed E-state index contributed by atoms with van der Waals surface area (Å²) in [4.78, 5) is 7.29. The van der Waals surface area contributed by atoms with Gasteiger partial charge in [0.1, 0.15) is 0 Å². The number of nitrogens with zero attached hydrogens (tertiary/aromatic N) is 2. The summed E-state index contributed by atoms with van der Waals surface area (Å²) in [6, 6.07) is 0. The first-order chi connectivity index (χ1) is 8.31. The van der Waals surface area contributed by atoms with Gasteiger partial charge >= 0.3 is 0 Å². The van der Waals surface area contributed by atoms with Crippen molar-refractivity contribution in [3.63, 3.8) is 0 Å². The van der Waals surface area contributed by atoms with Crippen LogP contribution in [0, 0.1) is 5.92 Å². The highest BCUT2D eigenvalue weighted by molar-refractivity contribution is 7.09. The van der Waals surface area contributed by atoms with Crippen molar-refractivity contribution in [3.8, 4) is 0 Å². The summed E-state index contributed by atoms with van der Waals surface area (Å²) in [7, 11) is 2.22. The third-order valence-electron chi connectivity index (χ3n) is 3.94. The molecule has 3 rings (SSSR count). The fraction of sp³-hybridized carbons (Fsp3) is 0.769. The highest BCUT2D eigenvalue weighted by atomic mass is 32.1. The van der Waals surface area contributed by atoms with E-state index in [-0.39, 0.29) is 0 Å². The van der Waals surface area contributed by atoms with Gasteiger partial charge in [-0.15, -0.1) is 11.3 Å². The van der Waals surface area contributed by atoms with Crippen molar-refractivity contribution in [1.29, 1.82) is 0 Å². The first-order valence-electron chi connectivity index (χ1n) is 6.65. The van der Waals surface area contributed by atoms with E-state index in [0.29, 0.717) is 5.92 Å². The molecule has 1 atom stereocenters. The molecule has 3 heterocycles. The molecule has 1 aromatic heterocycles. The zero-order chi connectivity index (χ0) is 11.7. The fourth-order valence-electron chi connectivity index (χ4n) is 2.75. The first kappa shape index (κ1) is 11.6. The molecule has 0 aromatic carbocycles. The molecule has 3 nitrogen and oxygen atoms in total. The lowest BCUT2D eigenvalue weighted by molar-refractivity contribution is 0.248. The number of hydrogen-bond acceptors (Lipinski definition) is 4. The standard InChI is InChI=1S/C13H21N3S/c1-16-4-2-3-11(8-16)12-9-17-13(15-12)5-10-6-14-7-10/h9-11,14H,2-8H2,1H3. The average molecular weight is 251 g/mol. The van der Waals surface area contributed by atoms with E-state index in [0.717, 1.165) is 5.92 Å². The number of aromatic nitrogens is 1. The third kappa shape index (κ3) is 2.69. The van der Waals surface area contributed by atoms with Crippen molar-refractivity contribution >= 4 is 11.3 Å². The normalized spacial score (nSPS) is 27.0. The third-order valence-corrected chi connectivity index (χ3v) is 4.83. The van der Waals surface area contributed by atoms with E-state index in [1.807, 2.05) is 11.3 Å². The Labute approximate surface area is 107 Å². The molecule has 94 valence electrons. The molecule has 2 aliphatic heterocycles. The molecule has 1 unspecified atom stereocenters. The molecule has 0 amide bonds. The molecule has 0 bridgehead atoms. The van der Waals surface area contributed by atoms with Gasteiger partial charge in [0.05, 0.1) is 10.7 Å². The van der Waals surface area contributed by atoms with Crippen molar-refractivity contribution in [1.82, 2.24) is 15.2 Å². The molecule has 0 spiro atoms. The number of rotatable bonds is 3. The SMILES string of the molecule is CN1CCCC(c2csc(CC3CNC3)n2)C1. The molecule has 2 aliphatic rings. The predicted octanol–water partition coefficient (Wildman–Crippen LogP) is 1.71. The number of likely N-dealkylation sites (tertiary alicyclic amines) is 1. The molecule has 4 heteroatoms. The second-order valence-electron chi connectivity index (χ2n) is 5.50. The Bertz CT molecular complexity index is 372. The smallest absolute Gasteiger partial charge is 0.0932 e. The van der Waals surface area contributed by atoms with Crippen LogP contribution in [0.5, 0.6) is 0 Å². The maximum Gasteiger partial charge on any atom is 0.0932 e. The Morgan fingerprint density at radius 3 is 3.12 bits per heavy atom. The molecular formula is C13H21N3S. The van der Waals surface area contributed by atoms with E-state index >= 15 is 0 Å². The van der Waals surface area contributed by atoms with Crippen LogP contribution < -0.4 is 5.32 Å². The summed E-state index contributed by atoms with van der Waals surface area (Å²) in [5, 5.41) is 6.97. The van der Waals surface area contributed by atoms with Crippen LogP contribution >= 0.6 is 11.3 Å². The van der Waals surface area contributed by atoms with Gasteiger partial charge in [-0.05, 0) is 45.4 Å². The second-order valence-corrected chi connectivity index (χ2v) is 6.44. The molecular weight excluding hydrogens is 230 g/mol. The summed E-state index contributed by atoms with van der Waals surface area (Å²) in [6.07, 6.45) is 3.82. The highest BCUT2D eigenvalue weighted by Crippen LogP contribution is 2.28. The quantitative estimate of drug-likeness (QED) is 0.886. The van der Waals surface area contributed by atoms with Crippen molar-refractivity contribution in [2.24, 2.45) is 5.92 Å². The van der Waals surface area contributed by atoms with E-state index < -0.39 is 0 Å². The lowest BCUT2D eigenvalue weighted by Crippen LogP contribution is -2.43. The number of likely N-dealkylation sites (N-methyl/N-ethyl adjacent to an activating group) is 1. The summed E-state index contributed by atoms with van der Waals surface area (Å²) < 4.78 is 0. The predicted molar refractivity (Wildman–Crippen MR) is 71.6 cm³/mol. The maximum atomic E-state index is 4.85. The van der Waals surface area contributed by atoms with Crippen LogP contribution in [0.25, 0.3) is 0 Å². The lowest BCUT2D eigenvalue weighted by atomic mass is 9.96. The summed E-state index contributed by atoms with van der Waals surface area (Å²) in [5.74, 6) is 1.52. The number of thiazole rings is 1. The summed E-state index contributed by atoms with van der Waals surface area (Å²) in [6.45, 7) is 4.80. The summed E-state index contributed by atoms with van der Waals surface area (Å²) in [5.41, 5.74) is 1.35. The fourth-order valence-corrected chi connectivity index (χ4v) is 3.75. The number of hydrogen-bond donors (Lipinski definition) is 1. The van der Waals surface area contributed by atoms with Gasteiger partial charge in [-0.2, -0.15) is 0 Å². The zero-order valence-electron chi connectivity index (χ0n) is 10.5. The van der Waals surface area contributed by atoms with Crippen molar-refractivity contribution < 1.29 is 0 Å². The molecule has 1 N–H and O–H groups in total. The Morgan fingerprint density at radius 1 is 1.53 bits per heavy atom. The van der Waals surface area contributed by atoms with E-state index in [2.05, 4.69) is 22.6 Å². The van der Waals surface area contributed by atoms with Crippen molar-refractivity contribution in [2.45, 2.75) is 25.2 Å². The maximum absolute atomic E-state index is 4.85. The Kier molecular flexibility index (Phi) is 3.45. The average Bonchev–Trinajstić information content (AvgIpc) is 2.72. The van der Waals surface area contributed by atoms with Crippen LogP contribution in [0.2, 0.25) is 0 Å². The van der Waals surface area contributed by atoms with Gasteiger partial charge in [0.15, 0.2) is 0 Å². The van der Waals surface area contributed by atoms with Crippen LogP contribution in [0.4, 0.5) is 0 Å². The monoisotopic (exact) mass is 251 g/mol. The minimum atomic E-state index is 0.679. The van der Waals surface area contributed by atoms with Gasteiger partial charge in [0.2, 0.25) is 0 Å². The van der Waals surface area contributed by atoms with Crippen LogP contribution in [0.15, 0.2) is 5.38 Å². The van der Waals surface area contributed by atoms with Gasteiger partial charge in [0, 0.05) is 24.3 Å². The van der Waals surface area contributed by atoms with E-state index in [9.17, 15) is 0 Å². The van der Waals surface area contributed by atoms with Gasteiger partial charge in [0.25, 0.3) is 0 Å². The van der Waals surface area contributed by atoms with E-state index in [4.69, 9.17) is 4.98 Å². The van der Waals surface area contributed by atoms with Gasteiger partial charge < -0.3 is 10.2 Å². The highest BCUT2D eigenvalue weighted by Gasteiger charge is 2.23. The van der Waals surface area contributed by atoms with E-state index in [1.54, 1.807) is 0 Å². The zero-order valence-corrected chi connectivity index (χ0v) is 11.3. The molecule has 0 radical (unpaired) electrons. The van der Waals surface area contributed by atoms with Crippen LogP contribution in [0.3, 0.4) is 0 Å². The Hall–Kier alpha value is -0.450. The molecule has 1 aromatic rings. The van der Waals surface area contributed by atoms with Crippen LogP contribution in [-0.2, 0) is 6.42 Å².